The van der Waals surface area contributed by atoms with Crippen molar-refractivity contribution in [1.29, 1.82) is 0 Å². The van der Waals surface area contributed by atoms with Gasteiger partial charge in [0.25, 0.3) is 0 Å². The smallest absolute Gasteiger partial charge is 0.323 e. The molecule has 0 fully saturated rings. The highest BCUT2D eigenvalue weighted by Gasteiger charge is 2.01. The number of urea groups is 1. The highest BCUT2D eigenvalue weighted by atomic mass is 16.2. The normalized spacial score (nSPS) is 9.65. The van der Waals surface area contributed by atoms with Gasteiger partial charge >= 0.3 is 6.03 Å². The van der Waals surface area contributed by atoms with Crippen LogP contribution in [0.3, 0.4) is 0 Å². The molecule has 0 bridgehead atoms. The van der Waals surface area contributed by atoms with E-state index >= 15 is 0 Å². The second kappa shape index (κ2) is 4.98. The zero-order chi connectivity index (χ0) is 12.1. The zero-order valence-corrected chi connectivity index (χ0v) is 9.05. The maximum absolute atomic E-state index is 11.6. The first-order valence-electron chi connectivity index (χ1n) is 5.07. The molecule has 1 aromatic heterocycles. The fourth-order valence-corrected chi connectivity index (χ4v) is 1.30. The van der Waals surface area contributed by atoms with Crippen molar-refractivity contribution >= 4 is 23.1 Å². The van der Waals surface area contributed by atoms with Crippen molar-refractivity contribution in [1.82, 2.24) is 4.98 Å². The van der Waals surface area contributed by atoms with Gasteiger partial charge in [-0.3, -0.25) is 4.98 Å². The number of benzene rings is 1. The Balaban J connectivity index is 1.96. The van der Waals surface area contributed by atoms with E-state index in [-0.39, 0.29) is 6.03 Å². The first-order chi connectivity index (χ1) is 8.24. The summed E-state index contributed by atoms with van der Waals surface area (Å²) in [5, 5.41) is 5.35. The van der Waals surface area contributed by atoms with Crippen molar-refractivity contribution in [2.75, 3.05) is 16.4 Å². The largest absolute Gasteiger partial charge is 0.399 e. The minimum Gasteiger partial charge on any atom is -0.399 e. The van der Waals surface area contributed by atoms with Gasteiger partial charge in [-0.2, -0.15) is 0 Å². The average molecular weight is 228 g/mol. The Labute approximate surface area is 98.7 Å². The molecule has 2 amide bonds. The molecule has 0 aliphatic heterocycles. The van der Waals surface area contributed by atoms with Crippen molar-refractivity contribution < 1.29 is 4.79 Å². The van der Waals surface area contributed by atoms with Crippen LogP contribution < -0.4 is 16.4 Å². The van der Waals surface area contributed by atoms with E-state index in [1.807, 2.05) is 0 Å². The maximum Gasteiger partial charge on any atom is 0.323 e. The van der Waals surface area contributed by atoms with E-state index in [1.54, 1.807) is 48.8 Å². The number of aromatic nitrogens is 1. The summed E-state index contributed by atoms with van der Waals surface area (Å²) >= 11 is 0. The minimum atomic E-state index is -0.317. The van der Waals surface area contributed by atoms with Gasteiger partial charge in [-0.25, -0.2) is 4.79 Å². The Morgan fingerprint density at radius 3 is 2.41 bits per heavy atom. The zero-order valence-electron chi connectivity index (χ0n) is 9.05. The van der Waals surface area contributed by atoms with Gasteiger partial charge in [-0.1, -0.05) is 0 Å². The molecule has 86 valence electrons. The first-order valence-corrected chi connectivity index (χ1v) is 5.07. The summed E-state index contributed by atoms with van der Waals surface area (Å²) in [7, 11) is 0. The summed E-state index contributed by atoms with van der Waals surface area (Å²) in [6.07, 6.45) is 3.21. The lowest BCUT2D eigenvalue weighted by molar-refractivity contribution is 0.262. The quantitative estimate of drug-likeness (QED) is 0.690. The number of hydrogen-bond donors (Lipinski definition) is 3. The molecule has 0 atom stereocenters. The molecule has 0 radical (unpaired) electrons. The van der Waals surface area contributed by atoms with Gasteiger partial charge in [0.15, 0.2) is 0 Å². The summed E-state index contributed by atoms with van der Waals surface area (Å²) in [6.45, 7) is 0. The molecule has 0 aliphatic rings. The van der Waals surface area contributed by atoms with Crippen LogP contribution >= 0.6 is 0 Å². The molecule has 0 saturated carbocycles. The number of carbonyl (C=O) groups is 1. The van der Waals surface area contributed by atoms with E-state index in [4.69, 9.17) is 5.73 Å². The number of nitrogens with one attached hydrogen (secondary N) is 2. The fourth-order valence-electron chi connectivity index (χ4n) is 1.30. The van der Waals surface area contributed by atoms with Gasteiger partial charge in [0, 0.05) is 17.6 Å². The summed E-state index contributed by atoms with van der Waals surface area (Å²) in [6, 6.07) is 10.1. The molecule has 0 saturated heterocycles. The Kier molecular flexibility index (Phi) is 3.20. The fraction of sp³-hybridized carbons (Fsp3) is 0. The van der Waals surface area contributed by atoms with E-state index in [9.17, 15) is 4.79 Å². The number of nitrogens with zero attached hydrogens (tertiary/aromatic N) is 1. The van der Waals surface area contributed by atoms with Crippen molar-refractivity contribution in [2.45, 2.75) is 0 Å². The lowest BCUT2D eigenvalue weighted by Gasteiger charge is -2.07. The van der Waals surface area contributed by atoms with Crippen molar-refractivity contribution in [3.05, 3.63) is 48.8 Å². The van der Waals surface area contributed by atoms with Crippen LogP contribution in [0.25, 0.3) is 0 Å². The third-order valence-corrected chi connectivity index (χ3v) is 2.09. The van der Waals surface area contributed by atoms with Crippen LogP contribution in [0.1, 0.15) is 0 Å². The predicted molar refractivity (Wildman–Crippen MR) is 67.7 cm³/mol. The van der Waals surface area contributed by atoms with E-state index < -0.39 is 0 Å². The molecule has 17 heavy (non-hydrogen) atoms. The molecule has 2 rings (SSSR count). The lowest BCUT2D eigenvalue weighted by Crippen LogP contribution is -2.19. The summed E-state index contributed by atoms with van der Waals surface area (Å²) in [4.78, 5) is 15.5. The standard InChI is InChI=1S/C12H12N4O/c13-9-3-5-10(6-4-9)15-12(17)16-11-2-1-7-14-8-11/h1-8H,13H2,(H2,15,16,17). The lowest BCUT2D eigenvalue weighted by atomic mass is 10.3. The van der Waals surface area contributed by atoms with Gasteiger partial charge in [0.1, 0.15) is 0 Å². The SMILES string of the molecule is Nc1ccc(NC(=O)Nc2cccnc2)cc1. The molecule has 1 heterocycles. The topological polar surface area (TPSA) is 80.0 Å². The Bertz CT molecular complexity index is 496. The van der Waals surface area contributed by atoms with Crippen LogP contribution in [0.4, 0.5) is 21.9 Å². The molecule has 4 N–H and O–H groups in total. The minimum absolute atomic E-state index is 0.317. The van der Waals surface area contributed by atoms with Crippen molar-refractivity contribution in [3.63, 3.8) is 0 Å². The number of rotatable bonds is 2. The summed E-state index contributed by atoms with van der Waals surface area (Å²) in [5.41, 5.74) is 7.52. The molecule has 1 aromatic carbocycles. The van der Waals surface area contributed by atoms with Crippen molar-refractivity contribution in [2.24, 2.45) is 0 Å². The molecule has 5 heteroatoms. The van der Waals surface area contributed by atoms with Crippen molar-refractivity contribution in [3.8, 4) is 0 Å². The Morgan fingerprint density at radius 2 is 1.76 bits per heavy atom. The average Bonchev–Trinajstić information content (AvgIpc) is 2.33. The van der Waals surface area contributed by atoms with E-state index in [0.717, 1.165) is 0 Å². The van der Waals surface area contributed by atoms with Crippen LogP contribution in [0.5, 0.6) is 0 Å². The van der Waals surface area contributed by atoms with Gasteiger partial charge in [-0.05, 0) is 36.4 Å². The summed E-state index contributed by atoms with van der Waals surface area (Å²) in [5.74, 6) is 0. The molecular weight excluding hydrogens is 216 g/mol. The van der Waals surface area contributed by atoms with E-state index in [0.29, 0.717) is 17.1 Å². The molecule has 2 aromatic rings. The van der Waals surface area contributed by atoms with Crippen LogP contribution in [0, 0.1) is 0 Å². The van der Waals surface area contributed by atoms with Crippen LogP contribution in [-0.4, -0.2) is 11.0 Å². The van der Waals surface area contributed by atoms with Gasteiger partial charge in [-0.15, -0.1) is 0 Å². The second-order valence-corrected chi connectivity index (χ2v) is 3.44. The predicted octanol–water partition coefficient (Wildman–Crippen LogP) is 2.31. The van der Waals surface area contributed by atoms with E-state index in [2.05, 4.69) is 15.6 Å². The third kappa shape index (κ3) is 3.20. The van der Waals surface area contributed by atoms with Gasteiger partial charge in [0.05, 0.1) is 11.9 Å². The summed E-state index contributed by atoms with van der Waals surface area (Å²) < 4.78 is 0. The molecule has 0 spiro atoms. The number of amides is 2. The first kappa shape index (κ1) is 10.9. The number of nitrogen functional groups attached to an aromatic ring is 1. The second-order valence-electron chi connectivity index (χ2n) is 3.44. The highest BCUT2D eigenvalue weighted by molar-refractivity contribution is 5.99. The Morgan fingerprint density at radius 1 is 1.06 bits per heavy atom. The number of anilines is 3. The van der Waals surface area contributed by atoms with E-state index in [1.165, 1.54) is 0 Å². The van der Waals surface area contributed by atoms with Gasteiger partial charge in [0.2, 0.25) is 0 Å². The van der Waals surface area contributed by atoms with Crippen LogP contribution in [0.2, 0.25) is 0 Å². The number of pyridine rings is 1. The molecule has 5 nitrogen and oxygen atoms in total. The molecular formula is C12H12N4O. The maximum atomic E-state index is 11.6. The van der Waals surface area contributed by atoms with Gasteiger partial charge < -0.3 is 16.4 Å². The number of hydrogen-bond acceptors (Lipinski definition) is 3. The molecule has 0 unspecified atom stereocenters. The molecule has 0 aliphatic carbocycles. The Hall–Kier alpha value is -2.56. The van der Waals surface area contributed by atoms with Crippen LogP contribution in [0.15, 0.2) is 48.8 Å². The number of nitrogens with two attached hydrogens (primary N) is 1. The number of carbonyl (C=O) groups excluding carboxylic acids is 1. The third-order valence-electron chi connectivity index (χ3n) is 2.09. The van der Waals surface area contributed by atoms with Crippen LogP contribution in [-0.2, 0) is 0 Å². The highest BCUT2D eigenvalue weighted by Crippen LogP contribution is 2.11. The monoisotopic (exact) mass is 228 g/mol.